The minimum absolute atomic E-state index is 0.802. The number of para-hydroxylation sites is 2. The van der Waals surface area contributed by atoms with E-state index in [1.807, 2.05) is 12.1 Å². The van der Waals surface area contributed by atoms with Crippen LogP contribution in [0.4, 0.5) is 11.4 Å². The van der Waals surface area contributed by atoms with E-state index in [0.717, 1.165) is 17.3 Å². The number of hydrogen-bond donors (Lipinski definition) is 0. The summed E-state index contributed by atoms with van der Waals surface area (Å²) in [6.45, 7) is 3.05. The van der Waals surface area contributed by atoms with Gasteiger partial charge >= 0.3 is 0 Å². The van der Waals surface area contributed by atoms with E-state index in [2.05, 4.69) is 54.3 Å². The van der Waals surface area contributed by atoms with Gasteiger partial charge in [-0.25, -0.2) is 0 Å². The molecule has 0 unspecified atom stereocenters. The van der Waals surface area contributed by atoms with E-state index in [1.54, 1.807) is 0 Å². The molecule has 1 nitrogen and oxygen atoms in total. The molecule has 0 bridgehead atoms. The first-order valence-electron chi connectivity index (χ1n) is 6.14. The van der Waals surface area contributed by atoms with Gasteiger partial charge in [-0.3, -0.25) is 0 Å². The number of benzene rings is 2. The summed E-state index contributed by atoms with van der Waals surface area (Å²) < 4.78 is 0. The Morgan fingerprint density at radius 1 is 0.944 bits per heavy atom. The van der Waals surface area contributed by atoms with Gasteiger partial charge in [0.05, 0.1) is 10.7 Å². The van der Waals surface area contributed by atoms with Crippen LogP contribution >= 0.6 is 11.6 Å². The summed E-state index contributed by atoms with van der Waals surface area (Å²) in [6, 6.07) is 14.5. The lowest BCUT2D eigenvalue weighted by Crippen LogP contribution is -2.17. The van der Waals surface area contributed by atoms with Crippen LogP contribution in [-0.2, 0) is 0 Å². The maximum absolute atomic E-state index is 6.38. The summed E-state index contributed by atoms with van der Waals surface area (Å²) in [4.78, 5) is 2.27. The zero-order chi connectivity index (χ0) is 12.5. The Morgan fingerprint density at radius 3 is 2.50 bits per heavy atom. The van der Waals surface area contributed by atoms with Crippen molar-refractivity contribution in [2.45, 2.75) is 6.92 Å². The smallest absolute Gasteiger partial charge is 0.0673 e. The number of halogens is 1. The van der Waals surface area contributed by atoms with Crippen LogP contribution in [0.2, 0.25) is 5.02 Å². The van der Waals surface area contributed by atoms with Gasteiger partial charge in [0, 0.05) is 12.2 Å². The average molecular weight is 256 g/mol. The summed E-state index contributed by atoms with van der Waals surface area (Å²) in [7, 11) is 0. The standard InChI is InChI=1S/C16H14ClN/c1-2-18-15-9-4-3-6-12(15)10-11-13-7-5-8-14(17)16(13)18/h3-11H,2H2,1H3. The molecule has 2 heteroatoms. The predicted molar refractivity (Wildman–Crippen MR) is 79.5 cm³/mol. The lowest BCUT2D eigenvalue weighted by Gasteiger charge is -2.26. The number of nitrogens with zero attached hydrogens (tertiary/aromatic N) is 1. The normalized spacial score (nSPS) is 12.9. The van der Waals surface area contributed by atoms with Crippen LogP contribution in [-0.4, -0.2) is 6.54 Å². The van der Waals surface area contributed by atoms with Crippen molar-refractivity contribution in [1.82, 2.24) is 0 Å². The molecule has 0 saturated heterocycles. The van der Waals surface area contributed by atoms with Gasteiger partial charge in [-0.2, -0.15) is 0 Å². The quantitative estimate of drug-likeness (QED) is 0.695. The van der Waals surface area contributed by atoms with Crippen LogP contribution in [0.25, 0.3) is 12.2 Å². The van der Waals surface area contributed by atoms with Crippen molar-refractivity contribution in [3.8, 4) is 0 Å². The van der Waals surface area contributed by atoms with Crippen LogP contribution in [0.3, 0.4) is 0 Å². The van der Waals surface area contributed by atoms with Crippen LogP contribution < -0.4 is 4.90 Å². The molecule has 0 fully saturated rings. The van der Waals surface area contributed by atoms with Crippen LogP contribution in [0, 0.1) is 0 Å². The summed E-state index contributed by atoms with van der Waals surface area (Å²) in [5.74, 6) is 0. The molecule has 1 aliphatic rings. The molecule has 0 saturated carbocycles. The Hall–Kier alpha value is -1.73. The first kappa shape index (κ1) is 11.4. The van der Waals surface area contributed by atoms with E-state index in [0.29, 0.717) is 0 Å². The third-order valence-corrected chi connectivity index (χ3v) is 3.58. The lowest BCUT2D eigenvalue weighted by molar-refractivity contribution is 1.02. The lowest BCUT2D eigenvalue weighted by atomic mass is 10.1. The third kappa shape index (κ3) is 1.72. The fourth-order valence-electron chi connectivity index (χ4n) is 2.45. The minimum atomic E-state index is 0.802. The second-order valence-corrected chi connectivity index (χ2v) is 4.72. The van der Waals surface area contributed by atoms with Crippen LogP contribution in [0.15, 0.2) is 42.5 Å². The molecule has 0 spiro atoms. The highest BCUT2D eigenvalue weighted by Crippen LogP contribution is 2.40. The molecule has 18 heavy (non-hydrogen) atoms. The molecule has 2 aromatic carbocycles. The maximum atomic E-state index is 6.38. The van der Waals surface area contributed by atoms with Crippen molar-refractivity contribution in [3.05, 3.63) is 58.6 Å². The molecule has 90 valence electrons. The van der Waals surface area contributed by atoms with Crippen molar-refractivity contribution in [2.24, 2.45) is 0 Å². The van der Waals surface area contributed by atoms with Crippen molar-refractivity contribution < 1.29 is 0 Å². The van der Waals surface area contributed by atoms with E-state index < -0.39 is 0 Å². The Morgan fingerprint density at radius 2 is 1.67 bits per heavy atom. The molecule has 0 atom stereocenters. The average Bonchev–Trinajstić information content (AvgIpc) is 2.56. The molecule has 0 radical (unpaired) electrons. The second-order valence-electron chi connectivity index (χ2n) is 4.31. The van der Waals surface area contributed by atoms with E-state index in [-0.39, 0.29) is 0 Å². The Kier molecular flexibility index (Phi) is 2.85. The summed E-state index contributed by atoms with van der Waals surface area (Å²) in [5, 5.41) is 0.802. The number of hydrogen-bond acceptors (Lipinski definition) is 1. The van der Waals surface area contributed by atoms with Gasteiger partial charge in [0.15, 0.2) is 0 Å². The molecule has 0 aliphatic carbocycles. The topological polar surface area (TPSA) is 3.24 Å². The predicted octanol–water partition coefficient (Wildman–Crippen LogP) is 4.98. The van der Waals surface area contributed by atoms with E-state index in [4.69, 9.17) is 11.6 Å². The Bertz CT molecular complexity index is 616. The van der Waals surface area contributed by atoms with Gasteiger partial charge in [0.2, 0.25) is 0 Å². The molecule has 0 N–H and O–H groups in total. The largest absolute Gasteiger partial charge is 0.340 e. The van der Waals surface area contributed by atoms with Gasteiger partial charge in [-0.05, 0) is 30.2 Å². The summed E-state index contributed by atoms with van der Waals surface area (Å²) in [5.41, 5.74) is 4.71. The maximum Gasteiger partial charge on any atom is 0.0673 e. The van der Waals surface area contributed by atoms with Gasteiger partial charge in [0.25, 0.3) is 0 Å². The molecular formula is C16H14ClN. The first-order chi connectivity index (χ1) is 8.81. The molecule has 1 aliphatic heterocycles. The summed E-state index contributed by atoms with van der Waals surface area (Å²) >= 11 is 6.38. The number of anilines is 2. The molecule has 2 aromatic rings. The van der Waals surface area contributed by atoms with Gasteiger partial charge in [-0.15, -0.1) is 0 Å². The van der Waals surface area contributed by atoms with E-state index >= 15 is 0 Å². The highest BCUT2D eigenvalue weighted by atomic mass is 35.5. The van der Waals surface area contributed by atoms with Gasteiger partial charge in [-0.1, -0.05) is 54.1 Å². The van der Waals surface area contributed by atoms with Crippen molar-refractivity contribution in [3.63, 3.8) is 0 Å². The second kappa shape index (κ2) is 4.51. The molecule has 1 heterocycles. The SMILES string of the molecule is CCN1c2ccccc2C=Cc2cccc(Cl)c21. The van der Waals surface area contributed by atoms with Gasteiger partial charge < -0.3 is 4.90 Å². The zero-order valence-electron chi connectivity index (χ0n) is 10.2. The molecule has 0 amide bonds. The van der Waals surface area contributed by atoms with Crippen LogP contribution in [0.5, 0.6) is 0 Å². The molecular weight excluding hydrogens is 242 g/mol. The zero-order valence-corrected chi connectivity index (χ0v) is 11.0. The van der Waals surface area contributed by atoms with Crippen molar-refractivity contribution in [2.75, 3.05) is 11.4 Å². The van der Waals surface area contributed by atoms with E-state index in [1.165, 1.54) is 16.8 Å². The minimum Gasteiger partial charge on any atom is -0.340 e. The van der Waals surface area contributed by atoms with E-state index in [9.17, 15) is 0 Å². The fraction of sp³-hybridized carbons (Fsp3) is 0.125. The van der Waals surface area contributed by atoms with Gasteiger partial charge in [0.1, 0.15) is 0 Å². The van der Waals surface area contributed by atoms with Crippen molar-refractivity contribution >= 4 is 35.1 Å². The van der Waals surface area contributed by atoms with Crippen molar-refractivity contribution in [1.29, 1.82) is 0 Å². The Labute approximate surface area is 112 Å². The fourth-order valence-corrected chi connectivity index (χ4v) is 2.74. The number of fused-ring (bicyclic) bond motifs is 2. The van der Waals surface area contributed by atoms with Crippen LogP contribution in [0.1, 0.15) is 18.1 Å². The molecule has 3 rings (SSSR count). The highest BCUT2D eigenvalue weighted by molar-refractivity contribution is 6.34. The molecule has 0 aromatic heterocycles. The first-order valence-corrected chi connectivity index (χ1v) is 6.52. The number of rotatable bonds is 1. The highest BCUT2D eigenvalue weighted by Gasteiger charge is 2.18. The Balaban J connectivity index is 2.30. The summed E-state index contributed by atoms with van der Waals surface area (Å²) in [6.07, 6.45) is 4.29. The third-order valence-electron chi connectivity index (χ3n) is 3.27. The monoisotopic (exact) mass is 255 g/mol.